The standard InChI is InChI=1S/C18H18FNO/c1-11-4-7-16-14(8-11)10-17(21-16)18(20-3)13-6-5-12(2)15(19)9-13/h4-10,18,20H,1-3H3. The number of halogens is 1. The molecule has 2 nitrogen and oxygen atoms in total. The molecule has 3 aromatic rings. The van der Waals surface area contributed by atoms with E-state index >= 15 is 0 Å². The van der Waals surface area contributed by atoms with Crippen LogP contribution in [0.25, 0.3) is 11.0 Å². The van der Waals surface area contributed by atoms with Crippen molar-refractivity contribution >= 4 is 11.0 Å². The average Bonchev–Trinajstić information content (AvgIpc) is 2.86. The van der Waals surface area contributed by atoms with Crippen molar-refractivity contribution in [2.45, 2.75) is 19.9 Å². The van der Waals surface area contributed by atoms with Crippen LogP contribution >= 0.6 is 0 Å². The molecule has 0 bridgehead atoms. The number of benzene rings is 2. The summed E-state index contributed by atoms with van der Waals surface area (Å²) in [4.78, 5) is 0. The van der Waals surface area contributed by atoms with E-state index in [0.29, 0.717) is 5.56 Å². The van der Waals surface area contributed by atoms with Crippen LogP contribution in [0.5, 0.6) is 0 Å². The monoisotopic (exact) mass is 283 g/mol. The van der Waals surface area contributed by atoms with Gasteiger partial charge in [-0.3, -0.25) is 0 Å². The van der Waals surface area contributed by atoms with Gasteiger partial charge in [0, 0.05) is 5.39 Å². The summed E-state index contributed by atoms with van der Waals surface area (Å²) in [6.45, 7) is 3.81. The Balaban J connectivity index is 2.06. The molecule has 2 aromatic carbocycles. The minimum atomic E-state index is -0.195. The lowest BCUT2D eigenvalue weighted by atomic mass is 10.0. The third kappa shape index (κ3) is 2.57. The second-order valence-corrected chi connectivity index (χ2v) is 5.42. The van der Waals surface area contributed by atoms with Gasteiger partial charge in [-0.05, 0) is 56.3 Å². The van der Waals surface area contributed by atoms with E-state index in [4.69, 9.17) is 4.42 Å². The van der Waals surface area contributed by atoms with E-state index in [1.807, 2.05) is 31.3 Å². The van der Waals surface area contributed by atoms with Crippen molar-refractivity contribution in [1.82, 2.24) is 5.32 Å². The van der Waals surface area contributed by atoms with Gasteiger partial charge in [-0.1, -0.05) is 23.8 Å². The van der Waals surface area contributed by atoms with Crippen LogP contribution in [0.2, 0.25) is 0 Å². The normalized spacial score (nSPS) is 12.8. The molecular weight excluding hydrogens is 265 g/mol. The largest absolute Gasteiger partial charge is 0.459 e. The first-order chi connectivity index (χ1) is 10.1. The minimum absolute atomic E-state index is 0.159. The van der Waals surface area contributed by atoms with Crippen molar-refractivity contribution in [1.29, 1.82) is 0 Å². The van der Waals surface area contributed by atoms with E-state index in [9.17, 15) is 4.39 Å². The van der Waals surface area contributed by atoms with E-state index in [1.165, 1.54) is 5.56 Å². The van der Waals surface area contributed by atoms with Crippen LogP contribution < -0.4 is 5.32 Å². The summed E-state index contributed by atoms with van der Waals surface area (Å²) in [6, 6.07) is 13.2. The lowest BCUT2D eigenvalue weighted by molar-refractivity contribution is 0.489. The van der Waals surface area contributed by atoms with Crippen molar-refractivity contribution in [3.05, 3.63) is 70.7 Å². The summed E-state index contributed by atoms with van der Waals surface area (Å²) in [6.07, 6.45) is 0. The van der Waals surface area contributed by atoms with Gasteiger partial charge in [0.1, 0.15) is 17.2 Å². The van der Waals surface area contributed by atoms with Crippen molar-refractivity contribution in [2.75, 3.05) is 7.05 Å². The first-order valence-corrected chi connectivity index (χ1v) is 7.02. The number of nitrogens with one attached hydrogen (secondary N) is 1. The van der Waals surface area contributed by atoms with Gasteiger partial charge < -0.3 is 9.73 Å². The van der Waals surface area contributed by atoms with Crippen LogP contribution in [-0.4, -0.2) is 7.05 Å². The Morgan fingerprint density at radius 3 is 2.57 bits per heavy atom. The topological polar surface area (TPSA) is 25.2 Å². The predicted molar refractivity (Wildman–Crippen MR) is 83.0 cm³/mol. The summed E-state index contributed by atoms with van der Waals surface area (Å²) < 4.78 is 19.7. The molecule has 0 aliphatic rings. The molecule has 1 N–H and O–H groups in total. The molecule has 0 spiro atoms. The molecule has 1 unspecified atom stereocenters. The SMILES string of the molecule is CNC(c1ccc(C)c(F)c1)c1cc2cc(C)ccc2o1. The van der Waals surface area contributed by atoms with Crippen LogP contribution in [0.1, 0.15) is 28.5 Å². The zero-order chi connectivity index (χ0) is 15.0. The molecule has 3 heteroatoms. The maximum absolute atomic E-state index is 13.8. The molecule has 0 aliphatic heterocycles. The van der Waals surface area contributed by atoms with Gasteiger partial charge >= 0.3 is 0 Å². The summed E-state index contributed by atoms with van der Waals surface area (Å²) >= 11 is 0. The van der Waals surface area contributed by atoms with Crippen molar-refractivity contribution in [3.8, 4) is 0 Å². The van der Waals surface area contributed by atoms with Gasteiger partial charge in [-0.2, -0.15) is 0 Å². The Morgan fingerprint density at radius 1 is 1.05 bits per heavy atom. The highest BCUT2D eigenvalue weighted by Crippen LogP contribution is 2.29. The van der Waals surface area contributed by atoms with E-state index in [1.54, 1.807) is 19.1 Å². The van der Waals surface area contributed by atoms with Gasteiger partial charge in [-0.15, -0.1) is 0 Å². The van der Waals surface area contributed by atoms with Gasteiger partial charge in [0.15, 0.2) is 0 Å². The van der Waals surface area contributed by atoms with E-state index in [0.717, 1.165) is 22.3 Å². The number of hydrogen-bond acceptors (Lipinski definition) is 2. The van der Waals surface area contributed by atoms with Gasteiger partial charge in [0.05, 0.1) is 6.04 Å². The molecule has 1 heterocycles. The number of rotatable bonds is 3. The lowest BCUT2D eigenvalue weighted by Gasteiger charge is -2.14. The molecular formula is C18H18FNO. The molecule has 0 aliphatic carbocycles. The molecule has 0 amide bonds. The van der Waals surface area contributed by atoms with E-state index < -0.39 is 0 Å². The number of hydrogen-bond donors (Lipinski definition) is 1. The highest BCUT2D eigenvalue weighted by Gasteiger charge is 2.17. The Labute approximate surface area is 123 Å². The zero-order valence-corrected chi connectivity index (χ0v) is 12.4. The molecule has 1 aromatic heterocycles. The molecule has 21 heavy (non-hydrogen) atoms. The lowest BCUT2D eigenvalue weighted by Crippen LogP contribution is -2.17. The van der Waals surface area contributed by atoms with Crippen molar-refractivity contribution in [3.63, 3.8) is 0 Å². The number of aryl methyl sites for hydroxylation is 2. The van der Waals surface area contributed by atoms with Crippen molar-refractivity contribution < 1.29 is 8.81 Å². The summed E-state index contributed by atoms with van der Waals surface area (Å²) in [5, 5.41) is 4.26. The van der Waals surface area contributed by atoms with Gasteiger partial charge in [0.2, 0.25) is 0 Å². The highest BCUT2D eigenvalue weighted by atomic mass is 19.1. The first kappa shape index (κ1) is 13.8. The van der Waals surface area contributed by atoms with Gasteiger partial charge in [-0.25, -0.2) is 4.39 Å². The molecule has 0 saturated heterocycles. The Hall–Kier alpha value is -2.13. The number of furan rings is 1. The molecule has 108 valence electrons. The maximum Gasteiger partial charge on any atom is 0.134 e. The Morgan fingerprint density at radius 2 is 1.86 bits per heavy atom. The zero-order valence-electron chi connectivity index (χ0n) is 12.4. The average molecular weight is 283 g/mol. The van der Waals surface area contributed by atoms with Crippen LogP contribution in [-0.2, 0) is 0 Å². The molecule has 1 atom stereocenters. The molecule has 0 saturated carbocycles. The highest BCUT2D eigenvalue weighted by molar-refractivity contribution is 5.79. The van der Waals surface area contributed by atoms with Gasteiger partial charge in [0.25, 0.3) is 0 Å². The third-order valence-corrected chi connectivity index (χ3v) is 3.79. The fourth-order valence-corrected chi connectivity index (χ4v) is 2.59. The smallest absolute Gasteiger partial charge is 0.134 e. The van der Waals surface area contributed by atoms with Crippen LogP contribution in [0, 0.1) is 19.7 Å². The Bertz CT molecular complexity index is 791. The quantitative estimate of drug-likeness (QED) is 0.765. The van der Waals surface area contributed by atoms with Crippen molar-refractivity contribution in [2.24, 2.45) is 0 Å². The third-order valence-electron chi connectivity index (χ3n) is 3.79. The van der Waals surface area contributed by atoms with Crippen LogP contribution in [0.3, 0.4) is 0 Å². The second-order valence-electron chi connectivity index (χ2n) is 5.42. The van der Waals surface area contributed by atoms with Crippen LogP contribution in [0.15, 0.2) is 46.9 Å². The van der Waals surface area contributed by atoms with Crippen LogP contribution in [0.4, 0.5) is 4.39 Å². The van der Waals surface area contributed by atoms with E-state index in [2.05, 4.69) is 18.3 Å². The summed E-state index contributed by atoms with van der Waals surface area (Å²) in [5.41, 5.74) is 3.55. The molecule has 3 rings (SSSR count). The summed E-state index contributed by atoms with van der Waals surface area (Å²) in [5.74, 6) is 0.598. The fraction of sp³-hybridized carbons (Fsp3) is 0.222. The number of fused-ring (bicyclic) bond motifs is 1. The maximum atomic E-state index is 13.8. The summed E-state index contributed by atoms with van der Waals surface area (Å²) in [7, 11) is 1.85. The predicted octanol–water partition coefficient (Wildman–Crippen LogP) is 4.50. The Kier molecular flexibility index (Phi) is 3.52. The van der Waals surface area contributed by atoms with E-state index in [-0.39, 0.29) is 11.9 Å². The first-order valence-electron chi connectivity index (χ1n) is 7.02. The second kappa shape index (κ2) is 5.34. The molecule has 0 fully saturated rings. The minimum Gasteiger partial charge on any atom is -0.459 e. The molecule has 0 radical (unpaired) electrons. The fourth-order valence-electron chi connectivity index (χ4n) is 2.59.